The van der Waals surface area contributed by atoms with Crippen LogP contribution >= 0.6 is 11.6 Å². The van der Waals surface area contributed by atoms with E-state index in [2.05, 4.69) is 4.90 Å². The van der Waals surface area contributed by atoms with Crippen LogP contribution < -0.4 is 0 Å². The van der Waals surface area contributed by atoms with Gasteiger partial charge in [0.2, 0.25) is 0 Å². The number of hydrogen-bond acceptors (Lipinski definition) is 3. The van der Waals surface area contributed by atoms with Crippen LogP contribution in [0.15, 0.2) is 18.2 Å². The number of carbonyl (C=O) groups excluding carboxylic acids is 1. The molecule has 21 heavy (non-hydrogen) atoms. The second kappa shape index (κ2) is 6.34. The summed E-state index contributed by atoms with van der Waals surface area (Å²) in [5.41, 5.74) is -1.03. The molecule has 3 nitrogen and oxygen atoms in total. The molecule has 0 aromatic heterocycles. The van der Waals surface area contributed by atoms with Gasteiger partial charge >= 0.3 is 6.18 Å². The number of Topliss-reactive ketones (excluding diaryl/α,β-unsaturated/α-hetero) is 1. The van der Waals surface area contributed by atoms with Crippen LogP contribution in [0.1, 0.15) is 15.9 Å². The molecule has 1 aliphatic heterocycles. The lowest BCUT2D eigenvalue weighted by atomic mass is 10.1. The standard InChI is InChI=1S/C14H16ClF3N2O/c1-19-5-7-20(8-6-19)9-12(21)10-3-2-4-11(13(10)15)14(16,17)18/h2-4H,5-9H2,1H3. The van der Waals surface area contributed by atoms with E-state index in [1.807, 2.05) is 11.9 Å². The number of nitrogens with zero attached hydrogens (tertiary/aromatic N) is 2. The first-order valence-corrected chi connectivity index (χ1v) is 6.96. The molecular weight excluding hydrogens is 305 g/mol. The largest absolute Gasteiger partial charge is 0.417 e. The summed E-state index contributed by atoms with van der Waals surface area (Å²) in [6.07, 6.45) is -4.55. The summed E-state index contributed by atoms with van der Waals surface area (Å²) in [5.74, 6) is -0.379. The molecule has 0 N–H and O–H groups in total. The highest BCUT2D eigenvalue weighted by Crippen LogP contribution is 2.36. The van der Waals surface area contributed by atoms with Crippen molar-refractivity contribution in [3.05, 3.63) is 34.3 Å². The van der Waals surface area contributed by atoms with Crippen LogP contribution in [0.3, 0.4) is 0 Å². The lowest BCUT2D eigenvalue weighted by Gasteiger charge is -2.31. The summed E-state index contributed by atoms with van der Waals surface area (Å²) in [5, 5.41) is -0.510. The van der Waals surface area contributed by atoms with Gasteiger partial charge in [0.15, 0.2) is 5.78 Å². The van der Waals surface area contributed by atoms with Crippen LogP contribution in [0.4, 0.5) is 13.2 Å². The molecule has 1 aromatic carbocycles. The van der Waals surface area contributed by atoms with E-state index in [0.29, 0.717) is 0 Å². The van der Waals surface area contributed by atoms with Gasteiger partial charge in [-0.3, -0.25) is 9.69 Å². The number of piperazine rings is 1. The Morgan fingerprint density at radius 2 is 1.86 bits per heavy atom. The third kappa shape index (κ3) is 3.96. The second-order valence-corrected chi connectivity index (χ2v) is 5.55. The van der Waals surface area contributed by atoms with Gasteiger partial charge in [-0.1, -0.05) is 17.7 Å². The average Bonchev–Trinajstić information content (AvgIpc) is 2.40. The third-order valence-electron chi connectivity index (χ3n) is 3.57. The van der Waals surface area contributed by atoms with Crippen molar-refractivity contribution in [2.45, 2.75) is 6.18 Å². The number of rotatable bonds is 3. The third-order valence-corrected chi connectivity index (χ3v) is 3.97. The van der Waals surface area contributed by atoms with Gasteiger partial charge in [-0.15, -0.1) is 0 Å². The lowest BCUT2D eigenvalue weighted by molar-refractivity contribution is -0.137. The quantitative estimate of drug-likeness (QED) is 0.800. The minimum absolute atomic E-state index is 0.0644. The summed E-state index contributed by atoms with van der Waals surface area (Å²) >= 11 is 5.76. The van der Waals surface area contributed by atoms with Crippen molar-refractivity contribution >= 4 is 17.4 Å². The maximum Gasteiger partial charge on any atom is 0.417 e. The van der Waals surface area contributed by atoms with E-state index in [0.717, 1.165) is 32.2 Å². The van der Waals surface area contributed by atoms with Crippen molar-refractivity contribution in [1.82, 2.24) is 9.80 Å². The highest BCUT2D eigenvalue weighted by atomic mass is 35.5. The molecule has 0 spiro atoms. The predicted molar refractivity (Wildman–Crippen MR) is 74.7 cm³/mol. The highest BCUT2D eigenvalue weighted by molar-refractivity contribution is 6.34. The second-order valence-electron chi connectivity index (χ2n) is 5.17. The smallest absolute Gasteiger partial charge is 0.304 e. The van der Waals surface area contributed by atoms with Crippen molar-refractivity contribution in [2.24, 2.45) is 0 Å². The van der Waals surface area contributed by atoms with E-state index in [4.69, 9.17) is 11.6 Å². The van der Waals surface area contributed by atoms with Gasteiger partial charge < -0.3 is 4.90 Å². The predicted octanol–water partition coefficient (Wildman–Crippen LogP) is 2.79. The maximum absolute atomic E-state index is 12.8. The van der Waals surface area contributed by atoms with Crippen LogP contribution in [0.5, 0.6) is 0 Å². The van der Waals surface area contributed by atoms with Crippen LogP contribution in [0.2, 0.25) is 5.02 Å². The van der Waals surface area contributed by atoms with Gasteiger partial charge in [0.1, 0.15) is 0 Å². The van der Waals surface area contributed by atoms with Gasteiger partial charge in [0, 0.05) is 31.7 Å². The van der Waals surface area contributed by atoms with Gasteiger partial charge in [-0.2, -0.15) is 13.2 Å². The van der Waals surface area contributed by atoms with E-state index in [-0.39, 0.29) is 17.9 Å². The zero-order valence-electron chi connectivity index (χ0n) is 11.6. The molecule has 1 aliphatic rings. The normalized spacial score (nSPS) is 18.0. The fourth-order valence-electron chi connectivity index (χ4n) is 2.26. The Balaban J connectivity index is 2.13. The lowest BCUT2D eigenvalue weighted by Crippen LogP contribution is -2.46. The molecule has 0 unspecified atom stereocenters. The average molecular weight is 321 g/mol. The summed E-state index contributed by atoms with van der Waals surface area (Å²) in [6, 6.07) is 3.44. The van der Waals surface area contributed by atoms with Crippen LogP contribution in [0.25, 0.3) is 0 Å². The number of alkyl halides is 3. The van der Waals surface area contributed by atoms with Crippen molar-refractivity contribution in [2.75, 3.05) is 39.8 Å². The molecule has 1 aromatic rings. The van der Waals surface area contributed by atoms with Gasteiger partial charge in [-0.05, 0) is 19.2 Å². The molecule has 0 amide bonds. The van der Waals surface area contributed by atoms with Gasteiger partial charge in [-0.25, -0.2) is 0 Å². The van der Waals surface area contributed by atoms with Crippen molar-refractivity contribution in [3.8, 4) is 0 Å². The first-order valence-electron chi connectivity index (χ1n) is 6.59. The molecule has 0 aliphatic carbocycles. The van der Waals surface area contributed by atoms with E-state index >= 15 is 0 Å². The van der Waals surface area contributed by atoms with Gasteiger partial charge in [0.05, 0.1) is 17.1 Å². The van der Waals surface area contributed by atoms with E-state index < -0.39 is 16.8 Å². The number of carbonyl (C=O) groups is 1. The number of likely N-dealkylation sites (N-methyl/N-ethyl adjacent to an activating group) is 1. The van der Waals surface area contributed by atoms with Crippen molar-refractivity contribution < 1.29 is 18.0 Å². The Bertz CT molecular complexity index is 525. The van der Waals surface area contributed by atoms with Crippen LogP contribution in [-0.2, 0) is 6.18 Å². The first kappa shape index (κ1) is 16.3. The number of ketones is 1. The fourth-order valence-corrected chi connectivity index (χ4v) is 2.60. The summed E-state index contributed by atoms with van der Waals surface area (Å²) in [4.78, 5) is 16.3. The topological polar surface area (TPSA) is 23.6 Å². The molecule has 1 heterocycles. The number of halogens is 4. The maximum atomic E-state index is 12.8. The summed E-state index contributed by atoms with van der Waals surface area (Å²) < 4.78 is 38.3. The molecule has 1 fully saturated rings. The molecule has 7 heteroatoms. The number of benzene rings is 1. The molecule has 0 bridgehead atoms. The summed E-state index contributed by atoms with van der Waals surface area (Å²) in [7, 11) is 1.99. The van der Waals surface area contributed by atoms with Crippen LogP contribution in [-0.4, -0.2) is 55.4 Å². The zero-order chi connectivity index (χ0) is 15.6. The fraction of sp³-hybridized carbons (Fsp3) is 0.500. The molecule has 0 saturated carbocycles. The Hall–Kier alpha value is -1.11. The molecule has 2 rings (SSSR count). The minimum Gasteiger partial charge on any atom is -0.304 e. The zero-order valence-corrected chi connectivity index (χ0v) is 12.3. The first-order chi connectivity index (χ1) is 9.79. The Morgan fingerprint density at radius 3 is 2.43 bits per heavy atom. The Kier molecular flexibility index (Phi) is 4.91. The molecule has 0 atom stereocenters. The molecule has 1 saturated heterocycles. The molecule has 0 radical (unpaired) electrons. The monoisotopic (exact) mass is 320 g/mol. The molecule has 116 valence electrons. The van der Waals surface area contributed by atoms with Crippen LogP contribution in [0, 0.1) is 0 Å². The Labute approximate surface area is 126 Å². The molecular formula is C14H16ClF3N2O. The SMILES string of the molecule is CN1CCN(CC(=O)c2cccc(C(F)(F)F)c2Cl)CC1. The number of hydrogen-bond donors (Lipinski definition) is 0. The van der Waals surface area contributed by atoms with Gasteiger partial charge in [0.25, 0.3) is 0 Å². The van der Waals surface area contributed by atoms with E-state index in [1.54, 1.807) is 0 Å². The minimum atomic E-state index is -4.55. The highest BCUT2D eigenvalue weighted by Gasteiger charge is 2.34. The van der Waals surface area contributed by atoms with Crippen molar-refractivity contribution in [3.63, 3.8) is 0 Å². The summed E-state index contributed by atoms with van der Waals surface area (Å²) in [6.45, 7) is 3.21. The van der Waals surface area contributed by atoms with E-state index in [1.165, 1.54) is 12.1 Å². The van der Waals surface area contributed by atoms with Crippen molar-refractivity contribution in [1.29, 1.82) is 0 Å². The Morgan fingerprint density at radius 1 is 1.24 bits per heavy atom. The van der Waals surface area contributed by atoms with E-state index in [9.17, 15) is 18.0 Å².